The molecule has 0 aliphatic rings. The molecule has 32 heavy (non-hydrogen) atoms. The normalized spacial score (nSPS) is 12.0. The first kappa shape index (κ1) is 21.3. The lowest BCUT2D eigenvalue weighted by atomic mass is 10.0. The summed E-state index contributed by atoms with van der Waals surface area (Å²) in [7, 11) is 1.56. The third-order valence-electron chi connectivity index (χ3n) is 5.24. The first-order chi connectivity index (χ1) is 15.5. The van der Waals surface area contributed by atoms with Crippen LogP contribution in [0.4, 0.5) is 0 Å². The van der Waals surface area contributed by atoms with E-state index in [4.69, 9.17) is 4.74 Å². The molecule has 164 valence electrons. The maximum atomic E-state index is 12.4. The van der Waals surface area contributed by atoms with Crippen molar-refractivity contribution in [3.63, 3.8) is 0 Å². The third kappa shape index (κ3) is 4.26. The van der Waals surface area contributed by atoms with Crippen LogP contribution in [-0.4, -0.2) is 50.8 Å². The van der Waals surface area contributed by atoms with Gasteiger partial charge in [-0.2, -0.15) is 0 Å². The van der Waals surface area contributed by atoms with Gasteiger partial charge in [0.25, 0.3) is 5.91 Å². The minimum atomic E-state index is -0.574. The van der Waals surface area contributed by atoms with Crippen LogP contribution in [0.5, 0.6) is 11.6 Å². The number of rotatable bonds is 7. The lowest BCUT2D eigenvalue weighted by molar-refractivity contribution is 0.0914. The SMILES string of the molecule is CCC(O)CNC(=O)c1ccc2nc(-c3cc(-c4cccnc4OC)ccc3O)[nH]c2c1. The van der Waals surface area contributed by atoms with E-state index in [0.29, 0.717) is 40.3 Å². The van der Waals surface area contributed by atoms with E-state index in [1.54, 1.807) is 43.6 Å². The Morgan fingerprint density at radius 3 is 2.81 bits per heavy atom. The monoisotopic (exact) mass is 432 g/mol. The highest BCUT2D eigenvalue weighted by Crippen LogP contribution is 2.35. The van der Waals surface area contributed by atoms with Gasteiger partial charge in [0, 0.05) is 23.9 Å². The number of phenolic OH excluding ortho intramolecular Hbond substituents is 1. The second-order valence-corrected chi connectivity index (χ2v) is 7.38. The lowest BCUT2D eigenvalue weighted by Gasteiger charge is -2.09. The number of pyridine rings is 1. The number of carbonyl (C=O) groups excluding carboxylic acids is 1. The average molecular weight is 432 g/mol. The maximum absolute atomic E-state index is 12.4. The van der Waals surface area contributed by atoms with Gasteiger partial charge in [-0.15, -0.1) is 0 Å². The number of methoxy groups -OCH3 is 1. The Kier molecular flexibility index (Phi) is 6.04. The van der Waals surface area contributed by atoms with Gasteiger partial charge in [-0.1, -0.05) is 13.0 Å². The van der Waals surface area contributed by atoms with Crippen molar-refractivity contribution in [2.24, 2.45) is 0 Å². The fourth-order valence-corrected chi connectivity index (χ4v) is 3.40. The molecule has 0 saturated carbocycles. The number of fused-ring (bicyclic) bond motifs is 1. The van der Waals surface area contributed by atoms with Gasteiger partial charge in [-0.05, 0) is 54.4 Å². The molecule has 0 radical (unpaired) electrons. The van der Waals surface area contributed by atoms with Crippen molar-refractivity contribution in [1.29, 1.82) is 0 Å². The highest BCUT2D eigenvalue weighted by atomic mass is 16.5. The molecule has 0 spiro atoms. The van der Waals surface area contributed by atoms with Crippen molar-refractivity contribution in [2.75, 3.05) is 13.7 Å². The second kappa shape index (κ2) is 9.07. The van der Waals surface area contributed by atoms with Crippen LogP contribution in [-0.2, 0) is 0 Å². The van der Waals surface area contributed by atoms with E-state index < -0.39 is 6.10 Å². The summed E-state index contributed by atoms with van der Waals surface area (Å²) in [5.74, 6) is 0.755. The molecule has 8 nitrogen and oxygen atoms in total. The number of phenols is 1. The molecule has 4 rings (SSSR count). The van der Waals surface area contributed by atoms with Crippen LogP contribution in [0.3, 0.4) is 0 Å². The van der Waals surface area contributed by atoms with Crippen LogP contribution >= 0.6 is 0 Å². The van der Waals surface area contributed by atoms with Crippen LogP contribution in [0.2, 0.25) is 0 Å². The molecule has 0 bridgehead atoms. The van der Waals surface area contributed by atoms with Crippen LogP contribution in [0.1, 0.15) is 23.7 Å². The molecule has 0 aliphatic heterocycles. The van der Waals surface area contributed by atoms with Gasteiger partial charge >= 0.3 is 0 Å². The number of aromatic hydroxyl groups is 1. The summed E-state index contributed by atoms with van der Waals surface area (Å²) in [6.45, 7) is 2.05. The number of aliphatic hydroxyl groups excluding tert-OH is 1. The second-order valence-electron chi connectivity index (χ2n) is 7.38. The highest BCUT2D eigenvalue weighted by Gasteiger charge is 2.15. The fraction of sp³-hybridized carbons (Fsp3) is 0.208. The summed E-state index contributed by atoms with van der Waals surface area (Å²) >= 11 is 0. The number of aromatic nitrogens is 3. The van der Waals surface area contributed by atoms with E-state index in [1.165, 1.54) is 0 Å². The van der Waals surface area contributed by atoms with Crippen molar-refractivity contribution in [3.8, 4) is 34.1 Å². The van der Waals surface area contributed by atoms with Gasteiger partial charge in [-0.3, -0.25) is 4.79 Å². The van der Waals surface area contributed by atoms with Crippen molar-refractivity contribution in [2.45, 2.75) is 19.4 Å². The molecule has 2 heterocycles. The maximum Gasteiger partial charge on any atom is 0.251 e. The molecule has 2 aromatic heterocycles. The number of aromatic amines is 1. The molecule has 1 amide bonds. The molecular weight excluding hydrogens is 408 g/mol. The average Bonchev–Trinajstić information content (AvgIpc) is 3.25. The highest BCUT2D eigenvalue weighted by molar-refractivity contribution is 5.97. The largest absolute Gasteiger partial charge is 0.507 e. The molecule has 4 N–H and O–H groups in total. The van der Waals surface area contributed by atoms with Crippen LogP contribution in [0.25, 0.3) is 33.5 Å². The van der Waals surface area contributed by atoms with Crippen molar-refractivity contribution in [1.82, 2.24) is 20.3 Å². The predicted molar refractivity (Wildman–Crippen MR) is 122 cm³/mol. The van der Waals surface area contributed by atoms with Crippen LogP contribution < -0.4 is 10.1 Å². The Morgan fingerprint density at radius 2 is 2.03 bits per heavy atom. The summed E-state index contributed by atoms with van der Waals surface area (Å²) in [5, 5.41) is 22.8. The molecule has 2 aromatic carbocycles. The number of carbonyl (C=O) groups is 1. The van der Waals surface area contributed by atoms with E-state index in [-0.39, 0.29) is 18.2 Å². The number of amides is 1. The molecule has 1 atom stereocenters. The minimum absolute atomic E-state index is 0.0715. The topological polar surface area (TPSA) is 120 Å². The zero-order valence-corrected chi connectivity index (χ0v) is 17.8. The van der Waals surface area contributed by atoms with E-state index in [0.717, 1.165) is 11.1 Å². The van der Waals surface area contributed by atoms with Gasteiger partial charge in [0.15, 0.2) is 0 Å². The van der Waals surface area contributed by atoms with Gasteiger partial charge in [0.1, 0.15) is 11.6 Å². The van der Waals surface area contributed by atoms with Gasteiger partial charge in [0.2, 0.25) is 5.88 Å². The molecule has 0 fully saturated rings. The standard InChI is InChI=1S/C24H24N4O4/c1-3-16(29)13-26-23(31)15-6-8-19-20(12-15)28-22(27-19)18-11-14(7-9-21(18)30)17-5-4-10-25-24(17)32-2/h4-12,16,29-30H,3,13H2,1-2H3,(H,26,31)(H,27,28). The van der Waals surface area contributed by atoms with Crippen molar-refractivity contribution < 1.29 is 19.7 Å². The Bertz CT molecular complexity index is 1270. The molecule has 0 saturated heterocycles. The van der Waals surface area contributed by atoms with Gasteiger partial charge < -0.3 is 25.3 Å². The van der Waals surface area contributed by atoms with E-state index in [9.17, 15) is 15.0 Å². The summed E-state index contributed by atoms with van der Waals surface area (Å²) in [6, 6.07) is 14.0. The van der Waals surface area contributed by atoms with Crippen molar-refractivity contribution in [3.05, 3.63) is 60.3 Å². The number of aliphatic hydroxyl groups is 1. The first-order valence-electron chi connectivity index (χ1n) is 10.3. The summed E-state index contributed by atoms with van der Waals surface area (Å²) < 4.78 is 5.35. The number of ether oxygens (including phenoxy) is 1. The first-order valence-corrected chi connectivity index (χ1v) is 10.3. The molecule has 1 unspecified atom stereocenters. The molecular formula is C24H24N4O4. The van der Waals surface area contributed by atoms with E-state index in [2.05, 4.69) is 20.3 Å². The Hall–Kier alpha value is -3.91. The third-order valence-corrected chi connectivity index (χ3v) is 5.24. The van der Waals surface area contributed by atoms with Gasteiger partial charge in [0.05, 0.1) is 29.8 Å². The minimum Gasteiger partial charge on any atom is -0.507 e. The number of nitrogens with one attached hydrogen (secondary N) is 2. The Balaban J connectivity index is 1.67. The van der Waals surface area contributed by atoms with Crippen LogP contribution in [0, 0.1) is 0 Å². The quantitative estimate of drug-likeness (QED) is 0.355. The van der Waals surface area contributed by atoms with E-state index in [1.807, 2.05) is 25.1 Å². The number of hydrogen-bond donors (Lipinski definition) is 4. The Morgan fingerprint density at radius 1 is 1.19 bits per heavy atom. The van der Waals surface area contributed by atoms with Crippen LogP contribution in [0.15, 0.2) is 54.7 Å². The number of imidazole rings is 1. The smallest absolute Gasteiger partial charge is 0.251 e. The number of hydrogen-bond acceptors (Lipinski definition) is 6. The molecule has 0 aliphatic carbocycles. The number of H-pyrrole nitrogens is 1. The summed E-state index contributed by atoms with van der Waals surface area (Å²) in [5.41, 5.74) is 3.90. The van der Waals surface area contributed by atoms with Crippen molar-refractivity contribution >= 4 is 16.9 Å². The van der Waals surface area contributed by atoms with E-state index >= 15 is 0 Å². The Labute approximate surface area is 184 Å². The lowest BCUT2D eigenvalue weighted by Crippen LogP contribution is -2.31. The summed E-state index contributed by atoms with van der Waals surface area (Å²) in [6.07, 6.45) is 1.64. The number of benzene rings is 2. The zero-order chi connectivity index (χ0) is 22.7. The van der Waals surface area contributed by atoms with Gasteiger partial charge in [-0.25, -0.2) is 9.97 Å². The molecule has 8 heteroatoms. The summed E-state index contributed by atoms with van der Waals surface area (Å²) in [4.78, 5) is 24.4. The fourth-order valence-electron chi connectivity index (χ4n) is 3.40. The molecule has 4 aromatic rings. The zero-order valence-electron chi connectivity index (χ0n) is 17.8. The number of nitrogens with zero attached hydrogens (tertiary/aromatic N) is 2. The predicted octanol–water partition coefficient (Wildman–Crippen LogP) is 3.51.